The van der Waals surface area contributed by atoms with Crippen molar-refractivity contribution in [1.29, 1.82) is 0 Å². The van der Waals surface area contributed by atoms with Gasteiger partial charge in [-0.2, -0.15) is 5.10 Å². The molecule has 0 aliphatic carbocycles. The van der Waals surface area contributed by atoms with Gasteiger partial charge in [0.25, 0.3) is 0 Å². The Balaban J connectivity index is 2.08. The maximum absolute atomic E-state index is 5.25. The number of nitrogens with one attached hydrogen (secondary N) is 1. The van der Waals surface area contributed by atoms with Gasteiger partial charge >= 0.3 is 0 Å². The number of rotatable bonds is 5. The molecule has 2 aromatic rings. The van der Waals surface area contributed by atoms with Gasteiger partial charge in [0.1, 0.15) is 5.82 Å². The summed E-state index contributed by atoms with van der Waals surface area (Å²) in [6.45, 7) is 3.05. The van der Waals surface area contributed by atoms with Gasteiger partial charge in [0.05, 0.1) is 3.79 Å². The Labute approximate surface area is 118 Å². The lowest BCUT2D eigenvalue weighted by molar-refractivity contribution is 0.640. The van der Waals surface area contributed by atoms with E-state index >= 15 is 0 Å². The minimum atomic E-state index is 0.726. The fourth-order valence-corrected chi connectivity index (χ4v) is 3.42. The standard InChI is InChI=1S/C11H14BrN3S2/c1-2-3-10-13-14-11(16)15(10)7-6-8-4-5-9(12)17-8/h4-5H,2-3,6-7H2,1H3,(H,14,16). The summed E-state index contributed by atoms with van der Waals surface area (Å²) in [6, 6.07) is 4.24. The normalized spacial score (nSPS) is 10.9. The van der Waals surface area contributed by atoms with E-state index in [4.69, 9.17) is 12.2 Å². The average molecular weight is 332 g/mol. The molecule has 17 heavy (non-hydrogen) atoms. The van der Waals surface area contributed by atoms with Gasteiger partial charge in [-0.1, -0.05) is 6.92 Å². The zero-order chi connectivity index (χ0) is 12.3. The van der Waals surface area contributed by atoms with Gasteiger partial charge in [-0.25, -0.2) is 0 Å². The van der Waals surface area contributed by atoms with Gasteiger partial charge in [0.2, 0.25) is 0 Å². The summed E-state index contributed by atoms with van der Waals surface area (Å²) < 4.78 is 4.01. The number of nitrogens with zero attached hydrogens (tertiary/aromatic N) is 2. The third kappa shape index (κ3) is 3.26. The van der Waals surface area contributed by atoms with Crippen LogP contribution in [-0.2, 0) is 19.4 Å². The largest absolute Gasteiger partial charge is 0.304 e. The first kappa shape index (κ1) is 13.0. The predicted molar refractivity (Wildman–Crippen MR) is 77.1 cm³/mol. The van der Waals surface area contributed by atoms with Gasteiger partial charge in [0, 0.05) is 17.8 Å². The summed E-state index contributed by atoms with van der Waals surface area (Å²) in [6.07, 6.45) is 3.06. The van der Waals surface area contributed by atoms with Crippen LogP contribution in [0, 0.1) is 4.77 Å². The molecular formula is C11H14BrN3S2. The van der Waals surface area contributed by atoms with Crippen molar-refractivity contribution in [2.45, 2.75) is 32.7 Å². The molecule has 0 saturated carbocycles. The zero-order valence-corrected chi connectivity index (χ0v) is 12.8. The predicted octanol–water partition coefficient (Wildman–Crippen LogP) is 3.96. The fourth-order valence-electron chi connectivity index (χ4n) is 1.70. The van der Waals surface area contributed by atoms with E-state index in [1.54, 1.807) is 11.3 Å². The number of halogens is 1. The summed E-state index contributed by atoms with van der Waals surface area (Å²) in [5.74, 6) is 1.06. The Hall–Kier alpha value is -0.460. The minimum absolute atomic E-state index is 0.726. The van der Waals surface area contributed by atoms with E-state index in [-0.39, 0.29) is 0 Å². The summed E-state index contributed by atoms with van der Waals surface area (Å²) in [5.41, 5.74) is 0. The molecule has 0 aliphatic rings. The molecule has 0 aromatic carbocycles. The van der Waals surface area contributed by atoms with Crippen molar-refractivity contribution in [3.63, 3.8) is 0 Å². The second-order valence-electron chi connectivity index (χ2n) is 3.80. The molecule has 1 N–H and O–H groups in total. The van der Waals surface area contributed by atoms with Crippen LogP contribution < -0.4 is 0 Å². The van der Waals surface area contributed by atoms with E-state index in [9.17, 15) is 0 Å². The van der Waals surface area contributed by atoms with Crippen LogP contribution in [-0.4, -0.2) is 14.8 Å². The second-order valence-corrected chi connectivity index (χ2v) is 6.74. The van der Waals surface area contributed by atoms with E-state index in [0.29, 0.717) is 0 Å². The van der Waals surface area contributed by atoms with E-state index in [2.05, 4.69) is 49.8 Å². The molecule has 2 aromatic heterocycles. The summed E-state index contributed by atoms with van der Waals surface area (Å²) >= 11 is 10.5. The minimum Gasteiger partial charge on any atom is -0.304 e. The van der Waals surface area contributed by atoms with Crippen LogP contribution in [0.2, 0.25) is 0 Å². The van der Waals surface area contributed by atoms with Crippen molar-refractivity contribution in [2.75, 3.05) is 0 Å². The first-order valence-electron chi connectivity index (χ1n) is 5.59. The SMILES string of the molecule is CCCc1n[nH]c(=S)n1CCc1ccc(Br)s1. The lowest BCUT2D eigenvalue weighted by atomic mass is 10.3. The maximum Gasteiger partial charge on any atom is 0.195 e. The quantitative estimate of drug-likeness (QED) is 0.841. The van der Waals surface area contributed by atoms with Crippen molar-refractivity contribution in [3.05, 3.63) is 31.4 Å². The van der Waals surface area contributed by atoms with E-state index in [1.807, 2.05) is 0 Å². The fraction of sp³-hybridized carbons (Fsp3) is 0.455. The molecule has 2 rings (SSSR count). The highest BCUT2D eigenvalue weighted by atomic mass is 79.9. The molecule has 0 amide bonds. The molecule has 2 heterocycles. The van der Waals surface area contributed by atoms with Crippen LogP contribution in [0.25, 0.3) is 0 Å². The van der Waals surface area contributed by atoms with Crippen molar-refractivity contribution < 1.29 is 0 Å². The van der Waals surface area contributed by atoms with Gasteiger partial charge < -0.3 is 4.57 Å². The van der Waals surface area contributed by atoms with Gasteiger partial charge in [-0.05, 0) is 53.1 Å². The summed E-state index contributed by atoms with van der Waals surface area (Å²) in [5, 5.41) is 7.14. The Morgan fingerprint density at radius 1 is 1.47 bits per heavy atom. The highest BCUT2D eigenvalue weighted by Gasteiger charge is 2.06. The third-order valence-electron chi connectivity index (χ3n) is 2.52. The van der Waals surface area contributed by atoms with Gasteiger partial charge in [-0.3, -0.25) is 5.10 Å². The molecule has 6 heteroatoms. The number of thiophene rings is 1. The third-order valence-corrected chi connectivity index (χ3v) is 4.52. The number of H-pyrrole nitrogens is 1. The monoisotopic (exact) mass is 331 g/mol. The second kappa shape index (κ2) is 5.93. The van der Waals surface area contributed by atoms with Crippen LogP contribution in [0.15, 0.2) is 15.9 Å². The topological polar surface area (TPSA) is 33.6 Å². The van der Waals surface area contributed by atoms with Crippen molar-refractivity contribution >= 4 is 39.5 Å². The number of hydrogen-bond acceptors (Lipinski definition) is 3. The number of aromatic amines is 1. The Kier molecular flexibility index (Phi) is 4.53. The maximum atomic E-state index is 5.25. The van der Waals surface area contributed by atoms with Crippen molar-refractivity contribution in [3.8, 4) is 0 Å². The molecule has 0 unspecified atom stereocenters. The Morgan fingerprint density at radius 2 is 2.29 bits per heavy atom. The smallest absolute Gasteiger partial charge is 0.195 e. The molecule has 0 bridgehead atoms. The Bertz CT molecular complexity index is 541. The van der Waals surface area contributed by atoms with Crippen molar-refractivity contribution in [1.82, 2.24) is 14.8 Å². The van der Waals surface area contributed by atoms with E-state index < -0.39 is 0 Å². The van der Waals surface area contributed by atoms with Gasteiger partial charge in [0.15, 0.2) is 4.77 Å². The number of aryl methyl sites for hydroxylation is 2. The molecule has 0 fully saturated rings. The van der Waals surface area contributed by atoms with Gasteiger partial charge in [-0.15, -0.1) is 11.3 Å². The van der Waals surface area contributed by atoms with Crippen LogP contribution in [0.4, 0.5) is 0 Å². The molecular weight excluding hydrogens is 318 g/mol. The van der Waals surface area contributed by atoms with Crippen LogP contribution in [0.1, 0.15) is 24.0 Å². The van der Waals surface area contributed by atoms with Crippen LogP contribution >= 0.6 is 39.5 Å². The Morgan fingerprint density at radius 3 is 2.94 bits per heavy atom. The summed E-state index contributed by atoms with van der Waals surface area (Å²) in [4.78, 5) is 1.36. The molecule has 0 radical (unpaired) electrons. The van der Waals surface area contributed by atoms with Crippen LogP contribution in [0.5, 0.6) is 0 Å². The van der Waals surface area contributed by atoms with E-state index in [1.165, 1.54) is 8.66 Å². The average Bonchev–Trinajstić information content (AvgIpc) is 2.85. The molecule has 0 aliphatic heterocycles. The highest BCUT2D eigenvalue weighted by molar-refractivity contribution is 9.11. The lowest BCUT2D eigenvalue weighted by Gasteiger charge is -2.04. The highest BCUT2D eigenvalue weighted by Crippen LogP contribution is 2.22. The first-order valence-corrected chi connectivity index (χ1v) is 7.60. The zero-order valence-electron chi connectivity index (χ0n) is 9.57. The summed E-state index contributed by atoms with van der Waals surface area (Å²) in [7, 11) is 0. The van der Waals surface area contributed by atoms with Crippen molar-refractivity contribution in [2.24, 2.45) is 0 Å². The van der Waals surface area contributed by atoms with Crippen LogP contribution in [0.3, 0.4) is 0 Å². The lowest BCUT2D eigenvalue weighted by Crippen LogP contribution is -2.05. The first-order chi connectivity index (χ1) is 8.20. The molecule has 0 spiro atoms. The molecule has 0 atom stereocenters. The molecule has 0 saturated heterocycles. The molecule has 3 nitrogen and oxygen atoms in total. The number of hydrogen-bond donors (Lipinski definition) is 1. The molecule has 92 valence electrons. The number of aromatic nitrogens is 3. The van der Waals surface area contributed by atoms with E-state index in [0.717, 1.165) is 36.4 Å².